The van der Waals surface area contributed by atoms with E-state index in [4.69, 9.17) is 9.26 Å². The second-order valence-electron chi connectivity index (χ2n) is 5.46. The molecule has 0 spiro atoms. The van der Waals surface area contributed by atoms with E-state index in [1.807, 2.05) is 20.8 Å². The number of ether oxygens (including phenoxy) is 1. The standard InChI is InChI=1S/C12H18N2O3/c1-12(2,3)9(15)6-10-13-11(14-17-10)8-4-5-16-7-8/h8H,4-7H2,1-3H3. The fraction of sp³-hybridized carbons (Fsp3) is 0.750. The van der Waals surface area contributed by atoms with Crippen molar-refractivity contribution in [2.45, 2.75) is 39.5 Å². The minimum Gasteiger partial charge on any atom is -0.381 e. The van der Waals surface area contributed by atoms with Gasteiger partial charge in [0.25, 0.3) is 0 Å². The molecule has 1 fully saturated rings. The highest BCUT2D eigenvalue weighted by Gasteiger charge is 2.26. The molecular formula is C12H18N2O3. The lowest BCUT2D eigenvalue weighted by molar-refractivity contribution is -0.125. The number of aromatic nitrogens is 2. The third kappa shape index (κ3) is 2.91. The molecule has 5 nitrogen and oxygen atoms in total. The van der Waals surface area contributed by atoms with Gasteiger partial charge in [-0.2, -0.15) is 4.98 Å². The van der Waals surface area contributed by atoms with Crippen LogP contribution in [0.3, 0.4) is 0 Å². The van der Waals surface area contributed by atoms with Crippen molar-refractivity contribution < 1.29 is 14.1 Å². The lowest BCUT2D eigenvalue weighted by Crippen LogP contribution is -2.22. The van der Waals surface area contributed by atoms with Crippen molar-refractivity contribution >= 4 is 5.78 Å². The predicted molar refractivity (Wildman–Crippen MR) is 60.6 cm³/mol. The third-order valence-electron chi connectivity index (χ3n) is 2.93. The van der Waals surface area contributed by atoms with Gasteiger partial charge in [-0.25, -0.2) is 0 Å². The molecule has 0 amide bonds. The summed E-state index contributed by atoms with van der Waals surface area (Å²) in [6.07, 6.45) is 1.14. The van der Waals surface area contributed by atoms with Crippen LogP contribution in [0.4, 0.5) is 0 Å². The van der Waals surface area contributed by atoms with Gasteiger partial charge in [0.1, 0.15) is 5.78 Å². The molecule has 1 aliphatic rings. The molecule has 1 aliphatic heterocycles. The van der Waals surface area contributed by atoms with E-state index in [0.29, 0.717) is 18.3 Å². The number of rotatable bonds is 3. The molecule has 0 aromatic carbocycles. The number of carbonyl (C=O) groups excluding carboxylic acids is 1. The van der Waals surface area contributed by atoms with Crippen molar-refractivity contribution in [3.8, 4) is 0 Å². The molecule has 1 atom stereocenters. The van der Waals surface area contributed by atoms with Crippen LogP contribution in [0.25, 0.3) is 0 Å². The van der Waals surface area contributed by atoms with E-state index in [9.17, 15) is 4.79 Å². The Bertz CT molecular complexity index is 400. The van der Waals surface area contributed by atoms with Crippen molar-refractivity contribution in [2.75, 3.05) is 13.2 Å². The first-order valence-corrected chi connectivity index (χ1v) is 5.90. The molecule has 0 bridgehead atoms. The summed E-state index contributed by atoms with van der Waals surface area (Å²) < 4.78 is 10.4. The predicted octanol–water partition coefficient (Wildman–Crippen LogP) is 1.73. The van der Waals surface area contributed by atoms with E-state index in [1.54, 1.807) is 0 Å². The third-order valence-corrected chi connectivity index (χ3v) is 2.93. The summed E-state index contributed by atoms with van der Waals surface area (Å²) >= 11 is 0. The minimum atomic E-state index is -0.370. The first-order chi connectivity index (χ1) is 7.97. The average molecular weight is 238 g/mol. The number of nitrogens with zero attached hydrogens (tertiary/aromatic N) is 2. The first kappa shape index (κ1) is 12.2. The SMILES string of the molecule is CC(C)(C)C(=O)Cc1nc(C2CCOC2)no1. The summed E-state index contributed by atoms with van der Waals surface area (Å²) in [5, 5.41) is 3.91. The van der Waals surface area contributed by atoms with Gasteiger partial charge in [0.05, 0.1) is 13.0 Å². The number of ketones is 1. The normalized spacial score (nSPS) is 20.8. The van der Waals surface area contributed by atoms with Crippen LogP contribution in [-0.2, 0) is 16.0 Å². The zero-order chi connectivity index (χ0) is 12.5. The van der Waals surface area contributed by atoms with Crippen LogP contribution >= 0.6 is 0 Å². The first-order valence-electron chi connectivity index (χ1n) is 5.90. The Balaban J connectivity index is 2.01. The molecule has 1 unspecified atom stereocenters. The lowest BCUT2D eigenvalue weighted by atomic mass is 9.89. The average Bonchev–Trinajstić information content (AvgIpc) is 2.83. The van der Waals surface area contributed by atoms with Gasteiger partial charge in [-0.1, -0.05) is 25.9 Å². The number of carbonyl (C=O) groups is 1. The van der Waals surface area contributed by atoms with Crippen LogP contribution in [0.15, 0.2) is 4.52 Å². The Morgan fingerprint density at radius 2 is 2.24 bits per heavy atom. The van der Waals surface area contributed by atoms with Crippen molar-refractivity contribution in [2.24, 2.45) is 5.41 Å². The van der Waals surface area contributed by atoms with E-state index in [-0.39, 0.29) is 23.5 Å². The summed E-state index contributed by atoms with van der Waals surface area (Å²) in [6.45, 7) is 7.05. The molecule has 0 radical (unpaired) electrons. The fourth-order valence-electron chi connectivity index (χ4n) is 1.65. The highest BCUT2D eigenvalue weighted by Crippen LogP contribution is 2.23. The molecule has 1 saturated heterocycles. The maximum Gasteiger partial charge on any atom is 0.234 e. The van der Waals surface area contributed by atoms with E-state index in [2.05, 4.69) is 10.1 Å². The summed E-state index contributed by atoms with van der Waals surface area (Å²) in [7, 11) is 0. The Morgan fingerprint density at radius 1 is 1.47 bits per heavy atom. The van der Waals surface area contributed by atoms with Gasteiger partial charge < -0.3 is 9.26 Å². The summed E-state index contributed by atoms with van der Waals surface area (Å²) in [5.74, 6) is 1.40. The number of hydrogen-bond donors (Lipinski definition) is 0. The van der Waals surface area contributed by atoms with E-state index in [0.717, 1.165) is 13.0 Å². The quantitative estimate of drug-likeness (QED) is 0.802. The summed E-state index contributed by atoms with van der Waals surface area (Å²) in [4.78, 5) is 16.1. The molecule has 0 saturated carbocycles. The van der Waals surface area contributed by atoms with Crippen molar-refractivity contribution in [1.29, 1.82) is 0 Å². The Labute approximate surface area is 101 Å². The zero-order valence-corrected chi connectivity index (χ0v) is 10.5. The molecular weight excluding hydrogens is 220 g/mol. The maximum atomic E-state index is 11.8. The Hall–Kier alpha value is -1.23. The molecule has 2 heterocycles. The zero-order valence-electron chi connectivity index (χ0n) is 10.5. The molecule has 0 aliphatic carbocycles. The summed E-state index contributed by atoms with van der Waals surface area (Å²) in [5.41, 5.74) is -0.370. The molecule has 5 heteroatoms. The van der Waals surface area contributed by atoms with Gasteiger partial charge in [-0.05, 0) is 6.42 Å². The van der Waals surface area contributed by atoms with Crippen LogP contribution in [0.2, 0.25) is 0 Å². The topological polar surface area (TPSA) is 65.2 Å². The van der Waals surface area contributed by atoms with Gasteiger partial charge >= 0.3 is 0 Å². The highest BCUT2D eigenvalue weighted by atomic mass is 16.5. The second kappa shape index (κ2) is 4.56. The van der Waals surface area contributed by atoms with Crippen LogP contribution in [0.5, 0.6) is 0 Å². The monoisotopic (exact) mass is 238 g/mol. The van der Waals surface area contributed by atoms with Crippen LogP contribution in [0, 0.1) is 5.41 Å². The van der Waals surface area contributed by atoms with E-state index in [1.165, 1.54) is 0 Å². The minimum absolute atomic E-state index is 0.107. The molecule has 1 aromatic heterocycles. The van der Waals surface area contributed by atoms with Crippen LogP contribution < -0.4 is 0 Å². The molecule has 1 aromatic rings. The van der Waals surface area contributed by atoms with Crippen LogP contribution in [-0.4, -0.2) is 29.1 Å². The van der Waals surface area contributed by atoms with Gasteiger partial charge in [0, 0.05) is 17.9 Å². The van der Waals surface area contributed by atoms with Crippen molar-refractivity contribution in [3.63, 3.8) is 0 Å². The van der Waals surface area contributed by atoms with Gasteiger partial charge in [-0.15, -0.1) is 0 Å². The molecule has 17 heavy (non-hydrogen) atoms. The van der Waals surface area contributed by atoms with Crippen molar-refractivity contribution in [3.05, 3.63) is 11.7 Å². The second-order valence-corrected chi connectivity index (χ2v) is 5.46. The van der Waals surface area contributed by atoms with Crippen molar-refractivity contribution in [1.82, 2.24) is 10.1 Å². The summed E-state index contributed by atoms with van der Waals surface area (Å²) in [6, 6.07) is 0. The number of hydrogen-bond acceptors (Lipinski definition) is 5. The van der Waals surface area contributed by atoms with Crippen LogP contribution in [0.1, 0.15) is 44.8 Å². The van der Waals surface area contributed by atoms with E-state index < -0.39 is 0 Å². The molecule has 0 N–H and O–H groups in total. The molecule has 2 rings (SSSR count). The van der Waals surface area contributed by atoms with E-state index >= 15 is 0 Å². The Kier molecular flexibility index (Phi) is 3.28. The smallest absolute Gasteiger partial charge is 0.234 e. The van der Waals surface area contributed by atoms with Gasteiger partial charge in [-0.3, -0.25) is 4.79 Å². The maximum absolute atomic E-state index is 11.8. The lowest BCUT2D eigenvalue weighted by Gasteiger charge is -2.14. The fourth-order valence-corrected chi connectivity index (χ4v) is 1.65. The molecule has 94 valence electrons. The highest BCUT2D eigenvalue weighted by molar-refractivity contribution is 5.84. The Morgan fingerprint density at radius 3 is 2.82 bits per heavy atom. The largest absolute Gasteiger partial charge is 0.381 e. The van der Waals surface area contributed by atoms with Gasteiger partial charge in [0.15, 0.2) is 5.82 Å². The van der Waals surface area contributed by atoms with Gasteiger partial charge in [0.2, 0.25) is 5.89 Å². The number of Topliss-reactive ketones (excluding diaryl/α,β-unsaturated/α-hetero) is 1.